The molecule has 3 aromatic carbocycles. The quantitative estimate of drug-likeness (QED) is 0.372. The highest BCUT2D eigenvalue weighted by atomic mass is 16.5. The summed E-state index contributed by atoms with van der Waals surface area (Å²) in [5, 5.41) is 18.1. The Morgan fingerprint density at radius 1 is 0.800 bits per heavy atom. The minimum Gasteiger partial charge on any atom is -0.451 e. The number of carbonyl (C=O) groups excluding carboxylic acids is 1. The van der Waals surface area contributed by atoms with Gasteiger partial charge in [-0.25, -0.2) is 0 Å². The number of amides is 1. The molecule has 1 N–H and O–H groups in total. The first kappa shape index (κ1) is 24.7. The van der Waals surface area contributed by atoms with Crippen molar-refractivity contribution in [3.8, 4) is 0 Å². The molecule has 5 nitrogen and oxygen atoms in total. The molecule has 0 unspecified atom stereocenters. The van der Waals surface area contributed by atoms with E-state index in [2.05, 4.69) is 18.9 Å². The van der Waals surface area contributed by atoms with E-state index in [1.165, 1.54) is 5.01 Å². The van der Waals surface area contributed by atoms with E-state index in [4.69, 9.17) is 4.74 Å². The van der Waals surface area contributed by atoms with E-state index in [0.29, 0.717) is 29.7 Å². The Labute approximate surface area is 208 Å². The Balaban J connectivity index is 1.96. The number of nitrogens with zero attached hydrogens (tertiary/aromatic N) is 2. The molecule has 5 heteroatoms. The zero-order chi connectivity index (χ0) is 24.7. The fourth-order valence-corrected chi connectivity index (χ4v) is 4.58. The van der Waals surface area contributed by atoms with Gasteiger partial charge < -0.3 is 9.84 Å². The van der Waals surface area contributed by atoms with Crippen LogP contribution in [0, 0.1) is 0 Å². The number of ether oxygens (including phenoxy) is 1. The van der Waals surface area contributed by atoms with E-state index in [9.17, 15) is 9.90 Å². The van der Waals surface area contributed by atoms with Crippen LogP contribution in [-0.4, -0.2) is 22.5 Å². The van der Waals surface area contributed by atoms with Gasteiger partial charge in [0, 0.05) is 11.1 Å². The second-order valence-electron chi connectivity index (χ2n) is 9.11. The predicted molar refractivity (Wildman–Crippen MR) is 140 cm³/mol. The smallest absolute Gasteiger partial charge is 0.301 e. The summed E-state index contributed by atoms with van der Waals surface area (Å²) >= 11 is 0. The molecule has 3 aromatic rings. The highest BCUT2D eigenvalue weighted by molar-refractivity contribution is 6.08. The number of unbranched alkanes of at least 4 members (excludes halogenated alkanes) is 2. The molecular weight excluding hydrogens is 436 g/mol. The van der Waals surface area contributed by atoms with Crippen LogP contribution in [0.15, 0.2) is 96.1 Å². The van der Waals surface area contributed by atoms with Crippen LogP contribution >= 0.6 is 0 Å². The van der Waals surface area contributed by atoms with Crippen LogP contribution in [0.1, 0.15) is 63.5 Å². The van der Waals surface area contributed by atoms with Crippen molar-refractivity contribution in [2.24, 2.45) is 5.10 Å². The lowest BCUT2D eigenvalue weighted by Crippen LogP contribution is -2.57. The molecule has 0 spiro atoms. The van der Waals surface area contributed by atoms with Crippen molar-refractivity contribution in [2.45, 2.75) is 63.6 Å². The minimum absolute atomic E-state index is 0.190. The highest BCUT2D eigenvalue weighted by Gasteiger charge is 2.54. The number of benzene rings is 3. The van der Waals surface area contributed by atoms with Crippen LogP contribution in [0.3, 0.4) is 0 Å². The normalized spacial score (nSPS) is 15.5. The van der Waals surface area contributed by atoms with Crippen LogP contribution in [0.4, 0.5) is 5.69 Å². The van der Waals surface area contributed by atoms with Crippen molar-refractivity contribution in [3.05, 3.63) is 102 Å². The third kappa shape index (κ3) is 4.87. The molecule has 1 aliphatic heterocycles. The number of carbonyl (C=O) groups is 1. The van der Waals surface area contributed by atoms with Crippen LogP contribution in [-0.2, 0) is 15.1 Å². The lowest BCUT2D eigenvalue weighted by atomic mass is 9.83. The summed E-state index contributed by atoms with van der Waals surface area (Å²) in [5.41, 5.74) is -0.755. The van der Waals surface area contributed by atoms with E-state index in [1.807, 2.05) is 91.0 Å². The summed E-state index contributed by atoms with van der Waals surface area (Å²) in [7, 11) is 0. The van der Waals surface area contributed by atoms with E-state index >= 15 is 0 Å². The van der Waals surface area contributed by atoms with Gasteiger partial charge in [-0.1, -0.05) is 118 Å². The number of aliphatic hydroxyl groups is 1. The highest BCUT2D eigenvalue weighted by Crippen LogP contribution is 2.42. The Morgan fingerprint density at radius 2 is 1.26 bits per heavy atom. The summed E-state index contributed by atoms with van der Waals surface area (Å²) in [4.78, 5) is 14.4. The molecule has 0 atom stereocenters. The molecule has 0 aromatic heterocycles. The fraction of sp³-hybridized carbons (Fsp3) is 0.333. The van der Waals surface area contributed by atoms with Gasteiger partial charge in [-0.2, -0.15) is 5.01 Å². The lowest BCUT2D eigenvalue weighted by molar-refractivity contribution is -0.135. The Morgan fingerprint density at radius 3 is 1.71 bits per heavy atom. The molecular formula is C30H34N2O3. The SMILES string of the molecule is CCCCC(O)(CCCC)C1=NN(c2ccccc2)C(=O)C(c2ccccc2)(c2ccccc2)O1. The van der Waals surface area contributed by atoms with Gasteiger partial charge in [0.05, 0.1) is 5.69 Å². The monoisotopic (exact) mass is 470 g/mol. The second-order valence-corrected chi connectivity index (χ2v) is 9.11. The topological polar surface area (TPSA) is 62.1 Å². The average Bonchev–Trinajstić information content (AvgIpc) is 2.92. The molecule has 1 heterocycles. The van der Waals surface area contributed by atoms with Gasteiger partial charge in [0.15, 0.2) is 0 Å². The van der Waals surface area contributed by atoms with Gasteiger partial charge >= 0.3 is 5.91 Å². The van der Waals surface area contributed by atoms with Gasteiger partial charge in [-0.15, -0.1) is 5.10 Å². The van der Waals surface area contributed by atoms with Gasteiger partial charge in [0.2, 0.25) is 11.5 Å². The first-order valence-corrected chi connectivity index (χ1v) is 12.6. The Bertz CT molecular complexity index is 1080. The van der Waals surface area contributed by atoms with Crippen molar-refractivity contribution >= 4 is 17.5 Å². The number of hydrogen-bond acceptors (Lipinski definition) is 4. The zero-order valence-electron chi connectivity index (χ0n) is 20.6. The summed E-state index contributed by atoms with van der Waals surface area (Å²) in [6.45, 7) is 4.20. The van der Waals surface area contributed by atoms with Gasteiger partial charge in [0.25, 0.3) is 0 Å². The molecule has 0 fully saturated rings. The minimum atomic E-state index is -1.48. The molecule has 35 heavy (non-hydrogen) atoms. The van der Waals surface area contributed by atoms with E-state index in [0.717, 1.165) is 25.7 Å². The van der Waals surface area contributed by atoms with E-state index in [-0.39, 0.29) is 11.8 Å². The second kappa shape index (κ2) is 10.9. The maximum absolute atomic E-state index is 14.4. The number of rotatable bonds is 10. The van der Waals surface area contributed by atoms with Crippen LogP contribution in [0.2, 0.25) is 0 Å². The van der Waals surface area contributed by atoms with Crippen LogP contribution in [0.25, 0.3) is 0 Å². The van der Waals surface area contributed by atoms with Gasteiger partial charge in [0.1, 0.15) is 5.60 Å². The summed E-state index contributed by atoms with van der Waals surface area (Å²) < 4.78 is 6.68. The molecule has 0 aliphatic carbocycles. The Hall–Kier alpha value is -3.44. The molecule has 0 saturated carbocycles. The van der Waals surface area contributed by atoms with E-state index in [1.54, 1.807) is 0 Å². The average molecular weight is 471 g/mol. The summed E-state index contributed by atoms with van der Waals surface area (Å²) in [5.74, 6) is -0.131. The van der Waals surface area contributed by atoms with Crippen molar-refractivity contribution in [2.75, 3.05) is 5.01 Å². The molecule has 1 amide bonds. The first-order valence-electron chi connectivity index (χ1n) is 12.6. The van der Waals surface area contributed by atoms with Crippen molar-refractivity contribution < 1.29 is 14.6 Å². The molecule has 0 radical (unpaired) electrons. The largest absolute Gasteiger partial charge is 0.451 e. The standard InChI is InChI=1S/C30H34N2O3/c1-3-5-22-29(34,23-6-4-2)27-31-32(26-20-14-9-15-21-26)28(33)30(35-27,24-16-10-7-11-17-24)25-18-12-8-13-19-25/h7-21,34H,3-6,22-23H2,1-2H3. The van der Waals surface area contributed by atoms with E-state index < -0.39 is 11.2 Å². The first-order chi connectivity index (χ1) is 17.0. The number of hydrogen-bond donors (Lipinski definition) is 1. The Kier molecular flexibility index (Phi) is 7.67. The third-order valence-electron chi connectivity index (χ3n) is 6.58. The fourth-order valence-electron chi connectivity index (χ4n) is 4.58. The maximum Gasteiger partial charge on any atom is 0.301 e. The number of para-hydroxylation sites is 1. The third-order valence-corrected chi connectivity index (χ3v) is 6.58. The zero-order valence-corrected chi connectivity index (χ0v) is 20.6. The molecule has 0 saturated heterocycles. The molecule has 0 bridgehead atoms. The van der Waals surface area contributed by atoms with Crippen molar-refractivity contribution in [1.29, 1.82) is 0 Å². The summed E-state index contributed by atoms with van der Waals surface area (Å²) in [6, 6.07) is 28.4. The molecule has 182 valence electrons. The van der Waals surface area contributed by atoms with Gasteiger partial charge in [-0.05, 0) is 25.0 Å². The number of hydrazone groups is 1. The van der Waals surface area contributed by atoms with Crippen molar-refractivity contribution in [1.82, 2.24) is 0 Å². The van der Waals surface area contributed by atoms with Crippen LogP contribution in [0.5, 0.6) is 0 Å². The van der Waals surface area contributed by atoms with Crippen LogP contribution < -0.4 is 5.01 Å². The molecule has 4 rings (SSSR count). The number of anilines is 1. The predicted octanol–water partition coefficient (Wildman–Crippen LogP) is 6.42. The van der Waals surface area contributed by atoms with Crippen molar-refractivity contribution in [3.63, 3.8) is 0 Å². The maximum atomic E-state index is 14.4. The molecule has 1 aliphatic rings. The van der Waals surface area contributed by atoms with Gasteiger partial charge in [-0.3, -0.25) is 4.79 Å². The lowest BCUT2D eigenvalue weighted by Gasteiger charge is -2.43. The summed E-state index contributed by atoms with van der Waals surface area (Å²) in [6.07, 6.45) is 4.55.